The number of hydrogen-bond acceptors (Lipinski definition) is 3. The summed E-state index contributed by atoms with van der Waals surface area (Å²) in [5, 5.41) is 9.41. The van der Waals surface area contributed by atoms with Gasteiger partial charge in [0.25, 0.3) is 0 Å². The minimum atomic E-state index is -0.882. The van der Waals surface area contributed by atoms with E-state index in [0.717, 1.165) is 59.7 Å². The second-order valence-electron chi connectivity index (χ2n) is 9.18. The molecular weight excluding hydrogens is 422 g/mol. The van der Waals surface area contributed by atoms with Gasteiger partial charge in [0.15, 0.2) is 11.7 Å². The van der Waals surface area contributed by atoms with Crippen LogP contribution in [0.2, 0.25) is 0 Å². The third-order valence-corrected chi connectivity index (χ3v) is 6.88. The number of rotatable bonds is 6. The normalized spacial score (nSPS) is 18.4. The molecule has 2 unspecified atom stereocenters. The van der Waals surface area contributed by atoms with Crippen LogP contribution in [0.5, 0.6) is 0 Å². The van der Waals surface area contributed by atoms with Gasteiger partial charge in [-0.1, -0.05) is 92.1 Å². The predicted octanol–water partition coefficient (Wildman–Crippen LogP) is 7.61. The van der Waals surface area contributed by atoms with Gasteiger partial charge in [0.1, 0.15) is 5.69 Å². The van der Waals surface area contributed by atoms with Gasteiger partial charge in [-0.3, -0.25) is 0 Å². The molecule has 0 radical (unpaired) electrons. The van der Waals surface area contributed by atoms with Crippen LogP contribution in [0.15, 0.2) is 89.3 Å². The van der Waals surface area contributed by atoms with Crippen molar-refractivity contribution in [2.45, 2.75) is 44.4 Å². The second-order valence-corrected chi connectivity index (χ2v) is 9.18. The molecule has 1 N–H and O–H groups in total. The molecule has 1 fully saturated rings. The van der Waals surface area contributed by atoms with E-state index < -0.39 is 5.97 Å². The topological polar surface area (TPSA) is 63.3 Å². The maximum Gasteiger partial charge on any atom is 0.335 e. The highest BCUT2D eigenvalue weighted by molar-refractivity contribution is 5.87. The maximum absolute atomic E-state index is 11.5. The van der Waals surface area contributed by atoms with E-state index in [1.807, 2.05) is 54.6 Å². The Morgan fingerprint density at radius 3 is 2.29 bits per heavy atom. The molecule has 1 heterocycles. The SMILES string of the molecule is O=C(O)c1cccc(CC2CCCCCC2c2nc(-c3ccccc3)c(-c3ccccc3)o2)c1. The molecule has 4 nitrogen and oxygen atoms in total. The number of benzene rings is 3. The van der Waals surface area contributed by atoms with Gasteiger partial charge < -0.3 is 9.52 Å². The van der Waals surface area contributed by atoms with E-state index in [1.165, 1.54) is 12.8 Å². The molecule has 1 aliphatic rings. The first kappa shape index (κ1) is 22.1. The Kier molecular flexibility index (Phi) is 6.57. The van der Waals surface area contributed by atoms with Crippen molar-refractivity contribution in [3.8, 4) is 22.6 Å². The van der Waals surface area contributed by atoms with Crippen LogP contribution >= 0.6 is 0 Å². The van der Waals surface area contributed by atoms with E-state index in [9.17, 15) is 9.90 Å². The van der Waals surface area contributed by atoms with Crippen molar-refractivity contribution >= 4 is 5.97 Å². The van der Waals surface area contributed by atoms with Gasteiger partial charge in [0.05, 0.1) is 5.56 Å². The number of aromatic carboxylic acids is 1. The molecule has 0 spiro atoms. The number of aromatic nitrogens is 1. The highest BCUT2D eigenvalue weighted by Crippen LogP contribution is 2.42. The first-order valence-corrected chi connectivity index (χ1v) is 12.1. The second kappa shape index (κ2) is 10.1. The highest BCUT2D eigenvalue weighted by atomic mass is 16.4. The first-order valence-electron chi connectivity index (χ1n) is 12.1. The summed E-state index contributed by atoms with van der Waals surface area (Å²) < 4.78 is 6.57. The molecule has 2 atom stereocenters. The number of oxazole rings is 1. The summed E-state index contributed by atoms with van der Waals surface area (Å²) in [6.45, 7) is 0. The van der Waals surface area contributed by atoms with Gasteiger partial charge in [-0.25, -0.2) is 9.78 Å². The molecule has 0 saturated heterocycles. The molecule has 172 valence electrons. The van der Waals surface area contributed by atoms with Gasteiger partial charge in [0, 0.05) is 17.0 Å². The van der Waals surface area contributed by atoms with Crippen LogP contribution < -0.4 is 0 Å². The van der Waals surface area contributed by atoms with Crippen molar-refractivity contribution < 1.29 is 14.3 Å². The Morgan fingerprint density at radius 2 is 1.56 bits per heavy atom. The standard InChI is InChI=1S/C30H29NO3/c32-30(33)25-17-10-11-21(20-25)19-24-16-8-3-9-18-26(24)29-31-27(22-12-4-1-5-13-22)28(34-29)23-14-6-2-7-15-23/h1-2,4-7,10-15,17,20,24,26H,3,8-9,16,18-19H2,(H,32,33). The molecular formula is C30H29NO3. The Bertz CT molecular complexity index is 1190. The molecule has 4 aromatic rings. The van der Waals surface area contributed by atoms with E-state index in [4.69, 9.17) is 9.40 Å². The maximum atomic E-state index is 11.5. The quantitative estimate of drug-likeness (QED) is 0.306. The van der Waals surface area contributed by atoms with Gasteiger partial charge >= 0.3 is 5.97 Å². The van der Waals surface area contributed by atoms with Crippen LogP contribution in [0.3, 0.4) is 0 Å². The van der Waals surface area contributed by atoms with Crippen LogP contribution in [-0.4, -0.2) is 16.1 Å². The third-order valence-electron chi connectivity index (χ3n) is 6.88. The Labute approximate surface area is 200 Å². The average molecular weight is 452 g/mol. The fraction of sp³-hybridized carbons (Fsp3) is 0.267. The van der Waals surface area contributed by atoms with E-state index >= 15 is 0 Å². The predicted molar refractivity (Wildman–Crippen MR) is 134 cm³/mol. The Morgan fingerprint density at radius 1 is 0.853 bits per heavy atom. The van der Waals surface area contributed by atoms with E-state index in [0.29, 0.717) is 11.5 Å². The molecule has 5 rings (SSSR count). The van der Waals surface area contributed by atoms with Crippen molar-refractivity contribution in [2.75, 3.05) is 0 Å². The van der Waals surface area contributed by atoms with Crippen LogP contribution in [0, 0.1) is 5.92 Å². The van der Waals surface area contributed by atoms with Crippen molar-refractivity contribution in [1.82, 2.24) is 4.98 Å². The smallest absolute Gasteiger partial charge is 0.335 e. The minimum absolute atomic E-state index is 0.205. The molecule has 4 heteroatoms. The Balaban J connectivity index is 1.53. The van der Waals surface area contributed by atoms with Crippen LogP contribution in [-0.2, 0) is 6.42 Å². The number of hydrogen-bond donors (Lipinski definition) is 1. The van der Waals surface area contributed by atoms with Crippen molar-refractivity contribution in [2.24, 2.45) is 5.92 Å². The molecule has 1 aromatic heterocycles. The van der Waals surface area contributed by atoms with Gasteiger partial charge in [-0.05, 0) is 42.9 Å². The number of nitrogens with zero attached hydrogens (tertiary/aromatic N) is 1. The molecule has 3 aromatic carbocycles. The van der Waals surface area contributed by atoms with E-state index in [1.54, 1.807) is 6.07 Å². The fourth-order valence-electron chi connectivity index (χ4n) is 5.16. The van der Waals surface area contributed by atoms with Gasteiger partial charge in [-0.2, -0.15) is 0 Å². The summed E-state index contributed by atoms with van der Waals surface area (Å²) in [6.07, 6.45) is 6.49. The lowest BCUT2D eigenvalue weighted by atomic mass is 9.83. The van der Waals surface area contributed by atoms with E-state index in [2.05, 4.69) is 24.3 Å². The summed E-state index contributed by atoms with van der Waals surface area (Å²) >= 11 is 0. The lowest BCUT2D eigenvalue weighted by Crippen LogP contribution is -2.15. The molecule has 0 bridgehead atoms. The summed E-state index contributed by atoms with van der Waals surface area (Å²) in [5.74, 6) is 1.30. The van der Waals surface area contributed by atoms with Crippen LogP contribution in [0.1, 0.15) is 59.8 Å². The van der Waals surface area contributed by atoms with E-state index in [-0.39, 0.29) is 5.92 Å². The summed E-state index contributed by atoms with van der Waals surface area (Å²) in [7, 11) is 0. The van der Waals surface area contributed by atoms with Crippen molar-refractivity contribution in [1.29, 1.82) is 0 Å². The van der Waals surface area contributed by atoms with Crippen LogP contribution in [0.4, 0.5) is 0 Å². The molecule has 1 aliphatic carbocycles. The van der Waals surface area contributed by atoms with Crippen molar-refractivity contribution in [3.05, 3.63) is 102 Å². The summed E-state index contributed by atoms with van der Waals surface area (Å²) in [4.78, 5) is 16.6. The van der Waals surface area contributed by atoms with Crippen molar-refractivity contribution in [3.63, 3.8) is 0 Å². The largest absolute Gasteiger partial charge is 0.478 e. The zero-order valence-electron chi connectivity index (χ0n) is 19.2. The number of carbonyl (C=O) groups is 1. The zero-order chi connectivity index (χ0) is 23.3. The molecule has 34 heavy (non-hydrogen) atoms. The number of carboxylic acids is 1. The van der Waals surface area contributed by atoms with Gasteiger partial charge in [0.2, 0.25) is 0 Å². The lowest BCUT2D eigenvalue weighted by molar-refractivity contribution is 0.0696. The average Bonchev–Trinajstić information content (AvgIpc) is 3.19. The molecule has 0 aliphatic heterocycles. The summed E-state index contributed by atoms with van der Waals surface area (Å²) in [5.41, 5.74) is 4.37. The zero-order valence-corrected chi connectivity index (χ0v) is 19.2. The monoisotopic (exact) mass is 451 g/mol. The fourth-order valence-corrected chi connectivity index (χ4v) is 5.16. The molecule has 1 saturated carbocycles. The summed E-state index contributed by atoms with van der Waals surface area (Å²) in [6, 6.07) is 27.8. The first-order chi connectivity index (χ1) is 16.7. The highest BCUT2D eigenvalue weighted by Gasteiger charge is 2.31. The minimum Gasteiger partial charge on any atom is -0.478 e. The molecule has 0 amide bonds. The third kappa shape index (κ3) is 4.81. The Hall–Kier alpha value is -3.66. The lowest BCUT2D eigenvalue weighted by Gasteiger charge is -2.23. The van der Waals surface area contributed by atoms with Gasteiger partial charge in [-0.15, -0.1) is 0 Å². The number of carboxylic acid groups (broad SMARTS) is 1. The van der Waals surface area contributed by atoms with Crippen LogP contribution in [0.25, 0.3) is 22.6 Å².